The van der Waals surface area contributed by atoms with Crippen molar-refractivity contribution < 1.29 is 23.8 Å². The molecule has 0 unspecified atom stereocenters. The summed E-state index contributed by atoms with van der Waals surface area (Å²) >= 11 is 0. The van der Waals surface area contributed by atoms with Gasteiger partial charge in [0.25, 0.3) is 0 Å². The van der Waals surface area contributed by atoms with Gasteiger partial charge < -0.3 is 14.2 Å². The van der Waals surface area contributed by atoms with Crippen LogP contribution >= 0.6 is 0 Å². The molecule has 0 aromatic heterocycles. The predicted octanol–water partition coefficient (Wildman–Crippen LogP) is 0.657. The van der Waals surface area contributed by atoms with Crippen LogP contribution in [0.2, 0.25) is 0 Å². The predicted molar refractivity (Wildman–Crippen MR) is 51.1 cm³/mol. The molecular weight excluding hydrogens is 200 g/mol. The molecule has 0 bridgehead atoms. The number of hydrogen-bond acceptors (Lipinski definition) is 5. The van der Waals surface area contributed by atoms with Crippen LogP contribution < -0.4 is 0 Å². The van der Waals surface area contributed by atoms with Crippen LogP contribution in [0.3, 0.4) is 0 Å². The van der Waals surface area contributed by atoms with Crippen LogP contribution in [0.15, 0.2) is 0 Å². The summed E-state index contributed by atoms with van der Waals surface area (Å²) < 4.78 is 15.6. The van der Waals surface area contributed by atoms with E-state index in [1.54, 1.807) is 13.8 Å². The molecule has 1 rings (SSSR count). The van der Waals surface area contributed by atoms with Crippen molar-refractivity contribution in [1.82, 2.24) is 0 Å². The van der Waals surface area contributed by atoms with Gasteiger partial charge in [-0.15, -0.1) is 0 Å². The first-order valence-electron chi connectivity index (χ1n) is 4.91. The summed E-state index contributed by atoms with van der Waals surface area (Å²) in [6.45, 7) is 6.21. The van der Waals surface area contributed by atoms with Gasteiger partial charge in [0.2, 0.25) is 0 Å². The van der Waals surface area contributed by atoms with Gasteiger partial charge in [0.1, 0.15) is 0 Å². The Bertz CT molecular complexity index is 237. The molecule has 0 amide bonds. The van der Waals surface area contributed by atoms with Gasteiger partial charge >= 0.3 is 11.9 Å². The number of carbonyl (C=O) groups excluding carboxylic acids is 2. The molecule has 1 aliphatic heterocycles. The Balaban J connectivity index is 2.70. The molecule has 0 aliphatic carbocycles. The third kappa shape index (κ3) is 2.92. The fraction of sp³-hybridized carbons (Fsp3) is 0.800. The van der Waals surface area contributed by atoms with E-state index >= 15 is 0 Å². The van der Waals surface area contributed by atoms with Gasteiger partial charge in [-0.3, -0.25) is 9.59 Å². The largest absolute Gasteiger partial charge is 0.456 e. The van der Waals surface area contributed by atoms with Crippen LogP contribution in [0.1, 0.15) is 27.7 Å². The van der Waals surface area contributed by atoms with E-state index in [9.17, 15) is 9.59 Å². The zero-order chi connectivity index (χ0) is 11.6. The average Bonchev–Trinajstić information content (AvgIpc) is 2.30. The molecule has 0 radical (unpaired) electrons. The monoisotopic (exact) mass is 216 g/mol. The Hall–Kier alpha value is -1.10. The van der Waals surface area contributed by atoms with Crippen molar-refractivity contribution in [3.63, 3.8) is 0 Å². The Labute approximate surface area is 88.7 Å². The molecule has 1 fully saturated rings. The molecule has 0 aromatic carbocycles. The lowest BCUT2D eigenvalue weighted by atomic mass is 10.1. The normalized spacial score (nSPS) is 34.9. The number of rotatable bonds is 2. The first-order chi connectivity index (χ1) is 6.91. The van der Waals surface area contributed by atoms with Gasteiger partial charge in [-0.1, -0.05) is 0 Å². The summed E-state index contributed by atoms with van der Waals surface area (Å²) in [6, 6.07) is 0. The fourth-order valence-electron chi connectivity index (χ4n) is 1.74. The zero-order valence-electron chi connectivity index (χ0n) is 9.35. The molecule has 0 N–H and O–H groups in total. The zero-order valence-corrected chi connectivity index (χ0v) is 9.35. The van der Waals surface area contributed by atoms with E-state index in [1.165, 1.54) is 13.8 Å². The molecule has 4 atom stereocenters. The van der Waals surface area contributed by atoms with Gasteiger partial charge in [0.15, 0.2) is 12.2 Å². The number of carbonyl (C=O) groups is 2. The summed E-state index contributed by atoms with van der Waals surface area (Å²) in [5.74, 6) is -0.802. The van der Waals surface area contributed by atoms with Crippen LogP contribution in [0.4, 0.5) is 0 Å². The molecule has 0 saturated carbocycles. The van der Waals surface area contributed by atoms with Crippen molar-refractivity contribution in [3.05, 3.63) is 0 Å². The fourth-order valence-corrected chi connectivity index (χ4v) is 1.74. The second-order valence-corrected chi connectivity index (χ2v) is 3.69. The standard InChI is InChI=1S/C10H16O5/c1-5-9(14-7(3)11)10(6(2)13-5)15-8(4)12/h5-6,9-10H,1-4H3/t5-,6-,9-,10-/m1/s1. The number of esters is 2. The third-order valence-corrected chi connectivity index (χ3v) is 2.28. The van der Waals surface area contributed by atoms with Crippen LogP contribution in [0.25, 0.3) is 0 Å². The summed E-state index contributed by atoms with van der Waals surface area (Å²) in [6.07, 6.45) is -1.54. The van der Waals surface area contributed by atoms with Crippen molar-refractivity contribution >= 4 is 11.9 Å². The summed E-state index contributed by atoms with van der Waals surface area (Å²) in [5.41, 5.74) is 0. The molecule has 1 saturated heterocycles. The lowest BCUT2D eigenvalue weighted by Gasteiger charge is -2.21. The Morgan fingerprint density at radius 1 is 0.933 bits per heavy atom. The van der Waals surface area contributed by atoms with Crippen molar-refractivity contribution in [2.24, 2.45) is 0 Å². The van der Waals surface area contributed by atoms with E-state index in [4.69, 9.17) is 14.2 Å². The third-order valence-electron chi connectivity index (χ3n) is 2.28. The maximum atomic E-state index is 10.9. The highest BCUT2D eigenvalue weighted by atomic mass is 16.6. The molecular formula is C10H16O5. The number of hydrogen-bond donors (Lipinski definition) is 0. The maximum absolute atomic E-state index is 10.9. The minimum Gasteiger partial charge on any atom is -0.456 e. The highest BCUT2D eigenvalue weighted by molar-refractivity contribution is 5.67. The lowest BCUT2D eigenvalue weighted by molar-refractivity contribution is -0.163. The van der Waals surface area contributed by atoms with Crippen molar-refractivity contribution in [1.29, 1.82) is 0 Å². The molecule has 0 spiro atoms. The summed E-state index contributed by atoms with van der Waals surface area (Å²) in [7, 11) is 0. The molecule has 5 nitrogen and oxygen atoms in total. The highest BCUT2D eigenvalue weighted by Gasteiger charge is 2.44. The minimum atomic E-state index is -0.513. The Kier molecular flexibility index (Phi) is 3.68. The van der Waals surface area contributed by atoms with Gasteiger partial charge in [-0.05, 0) is 13.8 Å². The van der Waals surface area contributed by atoms with E-state index in [0.29, 0.717) is 0 Å². The Morgan fingerprint density at radius 2 is 1.27 bits per heavy atom. The number of ether oxygens (including phenoxy) is 3. The van der Waals surface area contributed by atoms with Gasteiger partial charge in [0.05, 0.1) is 12.2 Å². The van der Waals surface area contributed by atoms with Crippen molar-refractivity contribution in [2.45, 2.75) is 52.1 Å². The lowest BCUT2D eigenvalue weighted by Crippen LogP contribution is -2.38. The first kappa shape index (κ1) is 12.0. The summed E-state index contributed by atoms with van der Waals surface area (Å²) in [4.78, 5) is 21.7. The smallest absolute Gasteiger partial charge is 0.303 e. The maximum Gasteiger partial charge on any atom is 0.303 e. The Morgan fingerprint density at radius 3 is 1.53 bits per heavy atom. The van der Waals surface area contributed by atoms with E-state index < -0.39 is 24.1 Å². The van der Waals surface area contributed by atoms with Gasteiger partial charge in [-0.2, -0.15) is 0 Å². The van der Waals surface area contributed by atoms with Gasteiger partial charge in [0, 0.05) is 13.8 Å². The molecule has 86 valence electrons. The van der Waals surface area contributed by atoms with Crippen molar-refractivity contribution in [3.8, 4) is 0 Å². The molecule has 15 heavy (non-hydrogen) atoms. The average molecular weight is 216 g/mol. The van der Waals surface area contributed by atoms with E-state index in [1.807, 2.05) is 0 Å². The van der Waals surface area contributed by atoms with E-state index in [0.717, 1.165) is 0 Å². The highest BCUT2D eigenvalue weighted by Crippen LogP contribution is 2.26. The molecule has 1 aliphatic rings. The van der Waals surface area contributed by atoms with Crippen LogP contribution in [0, 0.1) is 0 Å². The topological polar surface area (TPSA) is 61.8 Å². The van der Waals surface area contributed by atoms with Crippen LogP contribution in [-0.2, 0) is 23.8 Å². The molecule has 1 heterocycles. The van der Waals surface area contributed by atoms with E-state index in [2.05, 4.69) is 0 Å². The first-order valence-corrected chi connectivity index (χ1v) is 4.91. The van der Waals surface area contributed by atoms with Crippen LogP contribution in [-0.4, -0.2) is 36.4 Å². The summed E-state index contributed by atoms with van der Waals surface area (Å²) in [5, 5.41) is 0. The van der Waals surface area contributed by atoms with Crippen LogP contribution in [0.5, 0.6) is 0 Å². The minimum absolute atomic E-state index is 0.256. The SMILES string of the molecule is CC(=O)O[C@H]1[C@H](OC(C)=O)[C@@H](C)O[C@@H]1C. The van der Waals surface area contributed by atoms with E-state index in [-0.39, 0.29) is 12.2 Å². The second kappa shape index (κ2) is 4.61. The van der Waals surface area contributed by atoms with Crippen molar-refractivity contribution in [2.75, 3.05) is 0 Å². The van der Waals surface area contributed by atoms with Gasteiger partial charge in [-0.25, -0.2) is 0 Å². The second-order valence-electron chi connectivity index (χ2n) is 3.69. The quantitative estimate of drug-likeness (QED) is 0.634. The molecule has 0 aromatic rings. The molecule has 5 heteroatoms.